The van der Waals surface area contributed by atoms with Crippen molar-refractivity contribution in [1.29, 1.82) is 0 Å². The molecule has 1 amide bonds. The molecule has 5 nitrogen and oxygen atoms in total. The molecule has 1 saturated heterocycles. The number of hydrogen-bond donors (Lipinski definition) is 2. The molecule has 2 rings (SSSR count). The zero-order chi connectivity index (χ0) is 13.0. The summed E-state index contributed by atoms with van der Waals surface area (Å²) in [5, 5.41) is 9.45. The minimum absolute atomic E-state index is 0.187. The van der Waals surface area contributed by atoms with E-state index in [1.54, 1.807) is 23.2 Å². The summed E-state index contributed by atoms with van der Waals surface area (Å²) in [5.74, 6) is 5.37. The number of nitrogens with zero attached hydrogens (tertiary/aromatic N) is 2. The second-order valence-corrected chi connectivity index (χ2v) is 4.10. The third-order valence-electron chi connectivity index (χ3n) is 2.79. The van der Waals surface area contributed by atoms with Crippen LogP contribution in [-0.2, 0) is 0 Å². The smallest absolute Gasteiger partial charge is 0.273 e. The summed E-state index contributed by atoms with van der Waals surface area (Å²) >= 11 is 0. The summed E-state index contributed by atoms with van der Waals surface area (Å²) in [6.45, 7) is 1.16. The first-order valence-corrected chi connectivity index (χ1v) is 5.83. The highest BCUT2D eigenvalue weighted by Gasteiger charge is 2.27. The Hall–Kier alpha value is -1.90. The number of nitrogens with two attached hydrogens (primary N) is 1. The lowest BCUT2D eigenvalue weighted by atomic mass is 10.2. The lowest BCUT2D eigenvalue weighted by molar-refractivity contribution is 0.0759. The summed E-state index contributed by atoms with van der Waals surface area (Å²) in [6, 6.07) is 3.48. The van der Waals surface area contributed by atoms with E-state index in [-0.39, 0.29) is 12.5 Å². The summed E-state index contributed by atoms with van der Waals surface area (Å²) < 4.78 is 0. The van der Waals surface area contributed by atoms with Gasteiger partial charge in [-0.15, -0.1) is 0 Å². The lowest BCUT2D eigenvalue weighted by Gasteiger charge is -2.15. The number of β-amino-alcohol motifs (C(OH)–C–C–N with tert-alkyl or cyclic N) is 1. The summed E-state index contributed by atoms with van der Waals surface area (Å²) in [6.07, 6.45) is 1.74. The minimum atomic E-state index is -0.434. The minimum Gasteiger partial charge on any atom is -0.391 e. The molecule has 18 heavy (non-hydrogen) atoms. The van der Waals surface area contributed by atoms with Crippen LogP contribution in [0, 0.1) is 11.8 Å². The van der Waals surface area contributed by atoms with Gasteiger partial charge in [0, 0.05) is 19.3 Å². The molecule has 0 saturated carbocycles. The second-order valence-electron chi connectivity index (χ2n) is 4.10. The fraction of sp³-hybridized carbons (Fsp3) is 0.385. The predicted octanol–water partition coefficient (Wildman–Crippen LogP) is -0.401. The molecule has 0 bridgehead atoms. The Morgan fingerprint density at radius 1 is 1.67 bits per heavy atom. The third-order valence-corrected chi connectivity index (χ3v) is 2.79. The maximum absolute atomic E-state index is 12.2. The molecular weight excluding hydrogens is 230 g/mol. The maximum atomic E-state index is 12.2. The van der Waals surface area contributed by atoms with E-state index in [0.717, 1.165) is 0 Å². The molecule has 0 spiro atoms. The van der Waals surface area contributed by atoms with Crippen LogP contribution in [0.15, 0.2) is 18.3 Å². The van der Waals surface area contributed by atoms with Crippen LogP contribution in [0.5, 0.6) is 0 Å². The van der Waals surface area contributed by atoms with Crippen molar-refractivity contribution in [2.45, 2.75) is 12.5 Å². The van der Waals surface area contributed by atoms with Gasteiger partial charge in [-0.05, 0) is 18.6 Å². The fourth-order valence-corrected chi connectivity index (χ4v) is 1.90. The van der Waals surface area contributed by atoms with Crippen molar-refractivity contribution in [3.8, 4) is 11.8 Å². The van der Waals surface area contributed by atoms with E-state index >= 15 is 0 Å². The van der Waals surface area contributed by atoms with Gasteiger partial charge in [0.25, 0.3) is 5.91 Å². The third kappa shape index (κ3) is 2.67. The average molecular weight is 245 g/mol. The molecule has 1 aromatic rings. The SMILES string of the molecule is NCC#Cc1cccnc1C(=O)N1CCC(O)C1. The van der Waals surface area contributed by atoms with Crippen molar-refractivity contribution in [2.24, 2.45) is 5.73 Å². The Balaban J connectivity index is 2.24. The van der Waals surface area contributed by atoms with Crippen LogP contribution in [-0.4, -0.2) is 46.6 Å². The number of aliphatic hydroxyl groups is 1. The number of hydrogen-bond acceptors (Lipinski definition) is 4. The predicted molar refractivity (Wildman–Crippen MR) is 66.7 cm³/mol. The van der Waals surface area contributed by atoms with Gasteiger partial charge in [-0.3, -0.25) is 4.79 Å². The van der Waals surface area contributed by atoms with E-state index in [1.807, 2.05) is 0 Å². The van der Waals surface area contributed by atoms with Crippen molar-refractivity contribution in [3.05, 3.63) is 29.6 Å². The van der Waals surface area contributed by atoms with Gasteiger partial charge in [0.05, 0.1) is 18.2 Å². The first-order valence-electron chi connectivity index (χ1n) is 5.83. The largest absolute Gasteiger partial charge is 0.391 e. The number of rotatable bonds is 1. The number of pyridine rings is 1. The van der Waals surface area contributed by atoms with Gasteiger partial charge >= 0.3 is 0 Å². The standard InChI is InChI=1S/C13H15N3O2/c14-6-1-3-10-4-2-7-15-12(10)13(18)16-8-5-11(17)9-16/h2,4,7,11,17H,5-6,8-9,14H2. The fourth-order valence-electron chi connectivity index (χ4n) is 1.90. The summed E-state index contributed by atoms with van der Waals surface area (Å²) in [7, 11) is 0. The summed E-state index contributed by atoms with van der Waals surface area (Å²) in [5.41, 5.74) is 6.22. The van der Waals surface area contributed by atoms with Gasteiger partial charge in [-0.1, -0.05) is 11.8 Å². The van der Waals surface area contributed by atoms with E-state index in [4.69, 9.17) is 5.73 Å². The van der Waals surface area contributed by atoms with E-state index in [2.05, 4.69) is 16.8 Å². The topological polar surface area (TPSA) is 79.5 Å². The molecule has 3 N–H and O–H groups in total. The number of aliphatic hydroxyl groups excluding tert-OH is 1. The van der Waals surface area contributed by atoms with Crippen LogP contribution < -0.4 is 5.73 Å². The Bertz CT molecular complexity index is 504. The second kappa shape index (κ2) is 5.63. The van der Waals surface area contributed by atoms with Crippen molar-refractivity contribution >= 4 is 5.91 Å². The van der Waals surface area contributed by atoms with E-state index < -0.39 is 6.10 Å². The quantitative estimate of drug-likeness (QED) is 0.660. The Labute approximate surface area is 106 Å². The van der Waals surface area contributed by atoms with Gasteiger partial charge in [-0.25, -0.2) is 4.98 Å². The van der Waals surface area contributed by atoms with Crippen LogP contribution in [0.25, 0.3) is 0 Å². The molecule has 1 atom stereocenters. The molecule has 1 aromatic heterocycles. The number of aromatic nitrogens is 1. The van der Waals surface area contributed by atoms with Crippen molar-refractivity contribution in [3.63, 3.8) is 0 Å². The van der Waals surface area contributed by atoms with Gasteiger partial charge in [0.15, 0.2) is 0 Å². The molecule has 1 unspecified atom stereocenters. The normalized spacial score (nSPS) is 18.3. The molecule has 1 aliphatic heterocycles. The van der Waals surface area contributed by atoms with Gasteiger partial charge in [-0.2, -0.15) is 0 Å². The average Bonchev–Trinajstić information content (AvgIpc) is 2.82. The van der Waals surface area contributed by atoms with Crippen molar-refractivity contribution in [1.82, 2.24) is 9.88 Å². The Morgan fingerprint density at radius 2 is 2.50 bits per heavy atom. The van der Waals surface area contributed by atoms with Gasteiger partial charge in [0.2, 0.25) is 0 Å². The van der Waals surface area contributed by atoms with E-state index in [0.29, 0.717) is 30.8 Å². The number of carbonyl (C=O) groups is 1. The summed E-state index contributed by atoms with van der Waals surface area (Å²) in [4.78, 5) is 17.9. The van der Waals surface area contributed by atoms with E-state index in [9.17, 15) is 9.90 Å². The zero-order valence-corrected chi connectivity index (χ0v) is 9.97. The highest BCUT2D eigenvalue weighted by Crippen LogP contribution is 2.14. The van der Waals surface area contributed by atoms with Crippen LogP contribution in [0.2, 0.25) is 0 Å². The lowest BCUT2D eigenvalue weighted by Crippen LogP contribution is -2.30. The van der Waals surface area contributed by atoms with Crippen LogP contribution in [0.3, 0.4) is 0 Å². The van der Waals surface area contributed by atoms with Crippen LogP contribution in [0.1, 0.15) is 22.5 Å². The number of likely N-dealkylation sites (tertiary alicyclic amines) is 1. The van der Waals surface area contributed by atoms with Gasteiger partial charge < -0.3 is 15.7 Å². The zero-order valence-electron chi connectivity index (χ0n) is 9.97. The molecule has 5 heteroatoms. The monoisotopic (exact) mass is 245 g/mol. The maximum Gasteiger partial charge on any atom is 0.273 e. The van der Waals surface area contributed by atoms with Gasteiger partial charge in [0.1, 0.15) is 5.69 Å². The van der Waals surface area contributed by atoms with Crippen molar-refractivity contribution in [2.75, 3.05) is 19.6 Å². The van der Waals surface area contributed by atoms with Crippen LogP contribution >= 0.6 is 0 Å². The molecule has 2 heterocycles. The van der Waals surface area contributed by atoms with E-state index in [1.165, 1.54) is 0 Å². The highest BCUT2D eigenvalue weighted by atomic mass is 16.3. The first kappa shape index (κ1) is 12.6. The number of carbonyl (C=O) groups excluding carboxylic acids is 1. The molecule has 0 radical (unpaired) electrons. The molecule has 1 aliphatic rings. The number of amides is 1. The Kier molecular flexibility index (Phi) is 3.92. The molecule has 94 valence electrons. The first-order chi connectivity index (χ1) is 8.72. The molecular formula is C13H15N3O2. The van der Waals surface area contributed by atoms with Crippen molar-refractivity contribution < 1.29 is 9.90 Å². The van der Waals surface area contributed by atoms with Crippen LogP contribution in [0.4, 0.5) is 0 Å². The highest BCUT2D eigenvalue weighted by molar-refractivity contribution is 5.95. The Morgan fingerprint density at radius 3 is 3.17 bits per heavy atom. The molecule has 0 aromatic carbocycles. The molecule has 0 aliphatic carbocycles. The molecule has 1 fully saturated rings.